The number of hydrogen-bond acceptors (Lipinski definition) is 4. The van der Waals surface area contributed by atoms with Crippen molar-refractivity contribution in [3.05, 3.63) is 70.2 Å². The number of halogens is 1. The maximum atomic E-state index is 12.8. The fraction of sp³-hybridized carbons (Fsp3) is 0.238. The summed E-state index contributed by atoms with van der Waals surface area (Å²) in [5.74, 6) is -0.217. The second-order valence-corrected chi connectivity index (χ2v) is 7.36. The largest absolute Gasteiger partial charge is 0.438 e. The molecule has 0 aliphatic carbocycles. The zero-order valence-electron chi connectivity index (χ0n) is 14.7. The molecule has 1 saturated heterocycles. The van der Waals surface area contributed by atoms with E-state index in [2.05, 4.69) is 26.2 Å². The molecule has 3 aromatic rings. The van der Waals surface area contributed by atoms with E-state index < -0.39 is 0 Å². The van der Waals surface area contributed by atoms with Gasteiger partial charge >= 0.3 is 0 Å². The first kappa shape index (κ1) is 17.9. The molecule has 0 saturated carbocycles. The van der Waals surface area contributed by atoms with Crippen molar-refractivity contribution in [3.8, 4) is 0 Å². The number of hydrogen-bond donors (Lipinski definition) is 1. The van der Waals surface area contributed by atoms with Crippen LogP contribution in [-0.2, 0) is 4.74 Å². The Morgan fingerprint density at radius 1 is 1.19 bits per heavy atom. The lowest BCUT2D eigenvalue weighted by Crippen LogP contribution is -2.34. The van der Waals surface area contributed by atoms with Crippen LogP contribution in [-0.4, -0.2) is 25.2 Å². The van der Waals surface area contributed by atoms with Gasteiger partial charge in [0.25, 0.3) is 5.91 Å². The molecule has 5 nitrogen and oxygen atoms in total. The number of amides is 1. The minimum Gasteiger partial charge on any atom is -0.438 e. The number of nitrogens with one attached hydrogen (secondary N) is 1. The highest BCUT2D eigenvalue weighted by Crippen LogP contribution is 2.20. The van der Waals surface area contributed by atoms with Crippen molar-refractivity contribution in [1.29, 1.82) is 0 Å². The van der Waals surface area contributed by atoms with Gasteiger partial charge in [-0.05, 0) is 49.2 Å². The molecule has 1 N–H and O–H groups in total. The van der Waals surface area contributed by atoms with Gasteiger partial charge in [-0.25, -0.2) is 4.99 Å². The second kappa shape index (κ2) is 8.06. The van der Waals surface area contributed by atoms with Crippen LogP contribution in [0.1, 0.15) is 23.2 Å². The average Bonchev–Trinajstić information content (AvgIpc) is 3.20. The minimum absolute atomic E-state index is 0.0787. The maximum absolute atomic E-state index is 12.8. The monoisotopic (exact) mass is 426 g/mol. The predicted molar refractivity (Wildman–Crippen MR) is 107 cm³/mol. The molecule has 2 heterocycles. The van der Waals surface area contributed by atoms with Crippen molar-refractivity contribution < 1.29 is 13.9 Å². The Balaban J connectivity index is 1.74. The van der Waals surface area contributed by atoms with Crippen molar-refractivity contribution >= 4 is 38.5 Å². The molecule has 4 rings (SSSR count). The number of para-hydroxylation sites is 1. The van der Waals surface area contributed by atoms with E-state index in [1.807, 2.05) is 54.6 Å². The second-order valence-electron chi connectivity index (χ2n) is 6.44. The van der Waals surface area contributed by atoms with E-state index >= 15 is 0 Å². The van der Waals surface area contributed by atoms with Crippen LogP contribution in [0, 0.1) is 0 Å². The summed E-state index contributed by atoms with van der Waals surface area (Å²) in [7, 11) is 0. The van der Waals surface area contributed by atoms with Gasteiger partial charge < -0.3 is 14.5 Å². The van der Waals surface area contributed by atoms with Crippen LogP contribution < -0.4 is 10.9 Å². The summed E-state index contributed by atoms with van der Waals surface area (Å²) < 4.78 is 12.5. The Labute approximate surface area is 165 Å². The summed E-state index contributed by atoms with van der Waals surface area (Å²) in [6.07, 6.45) is 2.08. The lowest BCUT2D eigenvalue weighted by atomic mass is 10.1. The maximum Gasteiger partial charge on any atom is 0.256 e. The van der Waals surface area contributed by atoms with Crippen molar-refractivity contribution in [1.82, 2.24) is 5.32 Å². The Morgan fingerprint density at radius 3 is 2.81 bits per heavy atom. The molecule has 1 atom stereocenters. The quantitative estimate of drug-likeness (QED) is 0.674. The Hall–Kier alpha value is -2.44. The lowest BCUT2D eigenvalue weighted by molar-refractivity contribution is 0.0854. The van der Waals surface area contributed by atoms with E-state index in [1.165, 1.54) is 0 Å². The van der Waals surface area contributed by atoms with Crippen molar-refractivity contribution in [2.45, 2.75) is 18.9 Å². The highest BCUT2D eigenvalue weighted by molar-refractivity contribution is 9.10. The summed E-state index contributed by atoms with van der Waals surface area (Å²) in [4.78, 5) is 17.4. The molecule has 6 heteroatoms. The number of nitrogens with zero attached hydrogens (tertiary/aromatic N) is 1. The van der Waals surface area contributed by atoms with Crippen molar-refractivity contribution in [2.75, 3.05) is 13.2 Å². The van der Waals surface area contributed by atoms with Gasteiger partial charge in [0.2, 0.25) is 5.55 Å². The molecule has 0 spiro atoms. The van der Waals surface area contributed by atoms with Gasteiger partial charge in [-0.2, -0.15) is 0 Å². The third-order valence-electron chi connectivity index (χ3n) is 4.45. The molecule has 1 aromatic heterocycles. The third-order valence-corrected chi connectivity index (χ3v) is 4.95. The SMILES string of the molecule is O=C(NCC1CCCO1)c1cc2cc(Br)ccc2oc1=Nc1ccccc1. The zero-order valence-corrected chi connectivity index (χ0v) is 16.2. The average molecular weight is 427 g/mol. The van der Waals surface area contributed by atoms with Crippen LogP contribution in [0.25, 0.3) is 11.0 Å². The summed E-state index contributed by atoms with van der Waals surface area (Å²) >= 11 is 3.46. The molecule has 27 heavy (non-hydrogen) atoms. The molecule has 1 unspecified atom stereocenters. The van der Waals surface area contributed by atoms with Crippen LogP contribution in [0.4, 0.5) is 5.69 Å². The van der Waals surface area contributed by atoms with Crippen molar-refractivity contribution in [2.24, 2.45) is 4.99 Å². The van der Waals surface area contributed by atoms with Crippen molar-refractivity contribution in [3.63, 3.8) is 0 Å². The highest BCUT2D eigenvalue weighted by Gasteiger charge is 2.18. The summed E-state index contributed by atoms with van der Waals surface area (Å²) in [6, 6.07) is 16.9. The van der Waals surface area contributed by atoms with Gasteiger partial charge in [0.05, 0.1) is 11.8 Å². The van der Waals surface area contributed by atoms with Gasteiger partial charge in [-0.15, -0.1) is 0 Å². The minimum atomic E-state index is -0.217. The van der Waals surface area contributed by atoms with E-state index in [0.717, 1.165) is 35.0 Å². The molecular weight excluding hydrogens is 408 g/mol. The molecule has 1 aliphatic heterocycles. The summed E-state index contributed by atoms with van der Waals surface area (Å²) in [5.41, 5.74) is 2.10. The molecule has 2 aromatic carbocycles. The molecule has 0 radical (unpaired) electrons. The lowest BCUT2D eigenvalue weighted by Gasteiger charge is -2.11. The number of rotatable bonds is 4. The molecule has 1 aliphatic rings. The summed E-state index contributed by atoms with van der Waals surface area (Å²) in [6.45, 7) is 1.24. The summed E-state index contributed by atoms with van der Waals surface area (Å²) in [5, 5.41) is 3.78. The van der Waals surface area contributed by atoms with E-state index in [0.29, 0.717) is 23.2 Å². The number of ether oxygens (including phenoxy) is 1. The van der Waals surface area contributed by atoms with E-state index in [-0.39, 0.29) is 12.0 Å². The van der Waals surface area contributed by atoms with Gasteiger partial charge in [0.15, 0.2) is 0 Å². The smallest absolute Gasteiger partial charge is 0.256 e. The fourth-order valence-electron chi connectivity index (χ4n) is 3.07. The Kier molecular flexibility index (Phi) is 5.36. The van der Waals surface area contributed by atoms with E-state index in [9.17, 15) is 4.79 Å². The van der Waals surface area contributed by atoms with Crippen LogP contribution in [0.3, 0.4) is 0 Å². The highest BCUT2D eigenvalue weighted by atomic mass is 79.9. The van der Waals surface area contributed by atoms with Crippen LogP contribution in [0.15, 0.2) is 68.5 Å². The first-order chi connectivity index (χ1) is 13.2. The first-order valence-electron chi connectivity index (χ1n) is 8.92. The zero-order chi connectivity index (χ0) is 18.6. The van der Waals surface area contributed by atoms with E-state index in [1.54, 1.807) is 0 Å². The normalized spacial score (nSPS) is 17.4. The number of fused-ring (bicyclic) bond motifs is 1. The standard InChI is InChI=1S/C21H19BrN2O3/c22-15-8-9-19-14(11-15)12-18(20(25)23-13-17-7-4-10-26-17)21(27-19)24-16-5-2-1-3-6-16/h1-3,5-6,8-9,11-12,17H,4,7,10,13H2,(H,23,25). The third kappa shape index (κ3) is 4.28. The van der Waals surface area contributed by atoms with Gasteiger partial charge in [-0.3, -0.25) is 4.79 Å². The van der Waals surface area contributed by atoms with Gasteiger partial charge in [-0.1, -0.05) is 34.1 Å². The van der Waals surface area contributed by atoms with Crippen LogP contribution in [0.2, 0.25) is 0 Å². The number of benzene rings is 2. The van der Waals surface area contributed by atoms with E-state index in [4.69, 9.17) is 9.15 Å². The number of carbonyl (C=O) groups is 1. The number of carbonyl (C=O) groups excluding carboxylic acids is 1. The Bertz CT molecular complexity index is 1020. The first-order valence-corrected chi connectivity index (χ1v) is 9.71. The molecular formula is C21H19BrN2O3. The van der Waals surface area contributed by atoms with Gasteiger partial charge in [0, 0.05) is 23.0 Å². The van der Waals surface area contributed by atoms with Crippen LogP contribution >= 0.6 is 15.9 Å². The molecule has 0 bridgehead atoms. The molecule has 1 fully saturated rings. The fourth-order valence-corrected chi connectivity index (χ4v) is 3.45. The van der Waals surface area contributed by atoms with Crippen LogP contribution in [0.5, 0.6) is 0 Å². The molecule has 138 valence electrons. The predicted octanol–water partition coefficient (Wildman–Crippen LogP) is 4.34. The molecule has 1 amide bonds. The topological polar surface area (TPSA) is 63.8 Å². The van der Waals surface area contributed by atoms with Gasteiger partial charge in [0.1, 0.15) is 11.1 Å². The Morgan fingerprint density at radius 2 is 2.04 bits per heavy atom.